The number of carbonyl (C=O) groups is 1. The van der Waals surface area contributed by atoms with Gasteiger partial charge in [-0.1, -0.05) is 31.2 Å². The van der Waals surface area contributed by atoms with Gasteiger partial charge in [-0.15, -0.1) is 0 Å². The molecule has 0 radical (unpaired) electrons. The Morgan fingerprint density at radius 1 is 1.18 bits per heavy atom. The first kappa shape index (κ1) is 19.4. The fraction of sp³-hybridized carbons (Fsp3) is 0.227. The number of carbonyl (C=O) groups excluding carboxylic acids is 1. The minimum absolute atomic E-state index is 0.202. The molecule has 0 atom stereocenters. The normalized spacial score (nSPS) is 13.4. The van der Waals surface area contributed by atoms with E-state index in [-0.39, 0.29) is 12.7 Å². The van der Waals surface area contributed by atoms with Gasteiger partial charge in [-0.2, -0.15) is 0 Å². The van der Waals surface area contributed by atoms with Gasteiger partial charge < -0.3 is 25.3 Å². The molecule has 0 bridgehead atoms. The molecule has 0 saturated carbocycles. The molecular formula is C22H24N2O4. The highest BCUT2D eigenvalue weighted by molar-refractivity contribution is 5.96. The first-order valence-corrected chi connectivity index (χ1v) is 9.14. The van der Waals surface area contributed by atoms with Crippen LogP contribution in [0.3, 0.4) is 0 Å². The smallest absolute Gasteiger partial charge is 0.253 e. The quantitative estimate of drug-likeness (QED) is 0.560. The van der Waals surface area contributed by atoms with Crippen LogP contribution in [-0.4, -0.2) is 12.7 Å². The zero-order valence-electron chi connectivity index (χ0n) is 16.0. The predicted octanol–water partition coefficient (Wildman–Crippen LogP) is 4.02. The molecule has 0 aliphatic carbocycles. The van der Waals surface area contributed by atoms with E-state index in [0.29, 0.717) is 40.8 Å². The Kier molecular flexibility index (Phi) is 6.22. The van der Waals surface area contributed by atoms with Crippen LogP contribution >= 0.6 is 0 Å². The second-order valence-electron chi connectivity index (χ2n) is 6.35. The molecule has 0 spiro atoms. The third-order valence-electron chi connectivity index (χ3n) is 4.12. The largest absolute Gasteiger partial charge is 0.457 e. The van der Waals surface area contributed by atoms with Gasteiger partial charge in [0.25, 0.3) is 5.91 Å². The van der Waals surface area contributed by atoms with E-state index in [0.717, 1.165) is 12.0 Å². The molecule has 2 aromatic rings. The predicted molar refractivity (Wildman–Crippen MR) is 107 cm³/mol. The van der Waals surface area contributed by atoms with Gasteiger partial charge in [-0.05, 0) is 43.2 Å². The molecule has 1 aliphatic heterocycles. The molecule has 0 saturated heterocycles. The number of amides is 1. The highest BCUT2D eigenvalue weighted by atomic mass is 16.7. The zero-order valence-corrected chi connectivity index (χ0v) is 16.0. The van der Waals surface area contributed by atoms with Crippen molar-refractivity contribution in [2.45, 2.75) is 26.8 Å². The van der Waals surface area contributed by atoms with E-state index < -0.39 is 0 Å². The molecule has 1 aliphatic rings. The lowest BCUT2D eigenvalue weighted by Gasteiger charge is -2.10. The Hall–Kier alpha value is -3.41. The van der Waals surface area contributed by atoms with E-state index in [4.69, 9.17) is 19.9 Å². The van der Waals surface area contributed by atoms with Gasteiger partial charge in [0.1, 0.15) is 11.5 Å². The number of ether oxygens (including phenoxy) is 3. The van der Waals surface area contributed by atoms with Crippen molar-refractivity contribution in [3.05, 3.63) is 71.5 Å². The topological polar surface area (TPSA) is 82.8 Å². The summed E-state index contributed by atoms with van der Waals surface area (Å²) < 4.78 is 16.6. The second-order valence-corrected chi connectivity index (χ2v) is 6.35. The monoisotopic (exact) mass is 380 g/mol. The molecule has 0 aromatic heterocycles. The van der Waals surface area contributed by atoms with Crippen molar-refractivity contribution in [2.75, 3.05) is 6.79 Å². The Bertz CT molecular complexity index is 915. The molecule has 0 fully saturated rings. The Morgan fingerprint density at radius 2 is 1.96 bits per heavy atom. The Balaban J connectivity index is 1.64. The SMILES string of the molecule is CC/C=C\C(C(=O)NCc1cccc(Oc2ccc3c(c2)OCO3)c1)=C(/C)N. The molecule has 28 heavy (non-hydrogen) atoms. The molecule has 2 aromatic carbocycles. The van der Waals surface area contributed by atoms with Gasteiger partial charge in [0.15, 0.2) is 11.5 Å². The minimum Gasteiger partial charge on any atom is -0.457 e. The summed E-state index contributed by atoms with van der Waals surface area (Å²) >= 11 is 0. The van der Waals surface area contributed by atoms with Crippen LogP contribution in [0.25, 0.3) is 0 Å². The highest BCUT2D eigenvalue weighted by Gasteiger charge is 2.14. The summed E-state index contributed by atoms with van der Waals surface area (Å²) in [7, 11) is 0. The number of hydrogen-bond donors (Lipinski definition) is 2. The lowest BCUT2D eigenvalue weighted by molar-refractivity contribution is -0.117. The Labute approximate surface area is 164 Å². The van der Waals surface area contributed by atoms with Crippen LogP contribution in [0.15, 0.2) is 65.9 Å². The van der Waals surface area contributed by atoms with Crippen molar-refractivity contribution in [3.63, 3.8) is 0 Å². The molecule has 1 amide bonds. The van der Waals surface area contributed by atoms with Crippen LogP contribution in [0.4, 0.5) is 0 Å². The van der Waals surface area contributed by atoms with Gasteiger partial charge in [0, 0.05) is 18.3 Å². The first-order valence-electron chi connectivity index (χ1n) is 9.14. The number of fused-ring (bicyclic) bond motifs is 1. The van der Waals surface area contributed by atoms with Gasteiger partial charge in [-0.25, -0.2) is 0 Å². The lowest BCUT2D eigenvalue weighted by Crippen LogP contribution is -2.25. The van der Waals surface area contributed by atoms with E-state index in [1.54, 1.807) is 19.1 Å². The van der Waals surface area contributed by atoms with Gasteiger partial charge in [0.05, 0.1) is 5.57 Å². The standard InChI is InChI=1S/C22H24N2O4/c1-3-4-8-19(15(2)23)22(25)24-13-16-6-5-7-17(11-16)28-18-9-10-20-21(12-18)27-14-26-20/h4-12H,3,13-14,23H2,1-2H3,(H,24,25)/b8-4-,19-15-. The minimum atomic E-state index is -0.202. The van der Waals surface area contributed by atoms with Crippen molar-refractivity contribution in [3.8, 4) is 23.0 Å². The van der Waals surface area contributed by atoms with Crippen LogP contribution in [0.2, 0.25) is 0 Å². The van der Waals surface area contributed by atoms with E-state index in [2.05, 4.69) is 5.32 Å². The maximum Gasteiger partial charge on any atom is 0.253 e. The van der Waals surface area contributed by atoms with Crippen LogP contribution in [0.1, 0.15) is 25.8 Å². The maximum atomic E-state index is 12.4. The van der Waals surface area contributed by atoms with Crippen molar-refractivity contribution in [1.82, 2.24) is 5.32 Å². The van der Waals surface area contributed by atoms with E-state index in [1.165, 1.54) is 0 Å². The van der Waals surface area contributed by atoms with Gasteiger partial charge in [0.2, 0.25) is 6.79 Å². The maximum absolute atomic E-state index is 12.4. The van der Waals surface area contributed by atoms with Crippen LogP contribution in [0, 0.1) is 0 Å². The second kappa shape index (κ2) is 8.99. The third kappa shape index (κ3) is 4.85. The molecule has 6 nitrogen and oxygen atoms in total. The number of nitrogens with two attached hydrogens (primary N) is 1. The molecular weight excluding hydrogens is 356 g/mol. The van der Waals surface area contributed by atoms with E-state index >= 15 is 0 Å². The van der Waals surface area contributed by atoms with Crippen LogP contribution in [-0.2, 0) is 11.3 Å². The zero-order chi connectivity index (χ0) is 19.9. The number of rotatable bonds is 7. The van der Waals surface area contributed by atoms with Crippen LogP contribution in [0.5, 0.6) is 23.0 Å². The van der Waals surface area contributed by atoms with E-state index in [9.17, 15) is 4.79 Å². The third-order valence-corrected chi connectivity index (χ3v) is 4.12. The number of nitrogens with one attached hydrogen (secondary N) is 1. The van der Waals surface area contributed by atoms with E-state index in [1.807, 2.05) is 49.4 Å². The molecule has 1 heterocycles. The van der Waals surface area contributed by atoms with Crippen molar-refractivity contribution < 1.29 is 19.0 Å². The van der Waals surface area contributed by atoms with Crippen molar-refractivity contribution >= 4 is 5.91 Å². The summed E-state index contributed by atoms with van der Waals surface area (Å²) in [5, 5.41) is 2.89. The molecule has 6 heteroatoms. The average Bonchev–Trinajstić information content (AvgIpc) is 3.14. The Morgan fingerprint density at radius 3 is 2.75 bits per heavy atom. The highest BCUT2D eigenvalue weighted by Crippen LogP contribution is 2.36. The molecule has 0 unspecified atom stereocenters. The average molecular weight is 380 g/mol. The van der Waals surface area contributed by atoms with Gasteiger partial charge in [-0.3, -0.25) is 4.79 Å². The fourth-order valence-electron chi connectivity index (χ4n) is 2.69. The summed E-state index contributed by atoms with van der Waals surface area (Å²) in [4.78, 5) is 12.4. The molecule has 146 valence electrons. The lowest BCUT2D eigenvalue weighted by atomic mass is 10.1. The van der Waals surface area contributed by atoms with Gasteiger partial charge >= 0.3 is 0 Å². The molecule has 3 N–H and O–H groups in total. The number of benzene rings is 2. The summed E-state index contributed by atoms with van der Waals surface area (Å²) in [5.41, 5.74) is 7.71. The fourth-order valence-corrected chi connectivity index (χ4v) is 2.69. The summed E-state index contributed by atoms with van der Waals surface area (Å²) in [6, 6.07) is 13.0. The van der Waals surface area contributed by atoms with Crippen molar-refractivity contribution in [2.24, 2.45) is 5.73 Å². The number of allylic oxidation sites excluding steroid dienone is 2. The number of hydrogen-bond acceptors (Lipinski definition) is 5. The molecule has 3 rings (SSSR count). The summed E-state index contributed by atoms with van der Waals surface area (Å²) in [6.07, 6.45) is 4.50. The first-order chi connectivity index (χ1) is 13.6. The van der Waals surface area contributed by atoms with Crippen LogP contribution < -0.4 is 25.3 Å². The summed E-state index contributed by atoms with van der Waals surface area (Å²) in [6.45, 7) is 4.31. The summed E-state index contributed by atoms with van der Waals surface area (Å²) in [5.74, 6) is 2.49. The van der Waals surface area contributed by atoms with Crippen molar-refractivity contribution in [1.29, 1.82) is 0 Å².